The topological polar surface area (TPSA) is 192 Å². The molecule has 0 spiro atoms. The van der Waals surface area contributed by atoms with Crippen molar-refractivity contribution in [3.63, 3.8) is 0 Å². The smallest absolute Gasteiger partial charge is 0.310 e. The van der Waals surface area contributed by atoms with Crippen LogP contribution >= 0.6 is 0 Å². The first-order valence-corrected chi connectivity index (χ1v) is 18.2. The summed E-state index contributed by atoms with van der Waals surface area (Å²) in [6, 6.07) is 0. The molecule has 49 heavy (non-hydrogen) atoms. The molecule has 0 radical (unpaired) electrons. The Morgan fingerprint density at radius 2 is 1.55 bits per heavy atom. The largest absolute Gasteiger partial charge is 0.481 e. The van der Waals surface area contributed by atoms with E-state index in [1.165, 1.54) is 10.5 Å². The maximum Gasteiger partial charge on any atom is 0.310 e. The summed E-state index contributed by atoms with van der Waals surface area (Å²) in [4.78, 5) is 41.3. The molecule has 0 aromatic rings. The van der Waals surface area contributed by atoms with Gasteiger partial charge in [0.2, 0.25) is 5.96 Å². The minimum atomic E-state index is -0.975. The number of aliphatic carboxylic acids is 2. The first kappa shape index (κ1) is 38.7. The average Bonchev–Trinajstić information content (AvgIpc) is 2.97. The highest BCUT2D eigenvalue weighted by atomic mass is 16.5. The van der Waals surface area contributed by atoms with Gasteiger partial charge in [-0.1, -0.05) is 60.1 Å². The second-order valence-corrected chi connectivity index (χ2v) is 18.2. The van der Waals surface area contributed by atoms with E-state index in [9.17, 15) is 19.5 Å². The van der Waals surface area contributed by atoms with Gasteiger partial charge in [0.05, 0.1) is 18.3 Å². The number of aliphatic imine (C=N–C) groups is 1. The van der Waals surface area contributed by atoms with E-state index in [0.29, 0.717) is 11.8 Å². The molecule has 0 amide bonds. The summed E-state index contributed by atoms with van der Waals surface area (Å²) in [5.41, 5.74) is 11.0. The number of allylic oxidation sites excluding steroid dienone is 2. The number of carboxylic acid groups (broad SMARTS) is 2. The van der Waals surface area contributed by atoms with Crippen LogP contribution < -0.4 is 11.5 Å². The highest BCUT2D eigenvalue weighted by Crippen LogP contribution is 2.75. The fourth-order valence-electron chi connectivity index (χ4n) is 11.5. The van der Waals surface area contributed by atoms with Crippen molar-refractivity contribution in [3.05, 3.63) is 11.6 Å². The van der Waals surface area contributed by atoms with Crippen LogP contribution in [-0.4, -0.2) is 65.1 Å². The molecule has 4 saturated carbocycles. The summed E-state index contributed by atoms with van der Waals surface area (Å²) in [5.74, 6) is -0.990. The number of carbonyl (C=O) groups excluding carboxylic acids is 1. The molecule has 11 heteroatoms. The van der Waals surface area contributed by atoms with E-state index >= 15 is 0 Å². The van der Waals surface area contributed by atoms with Gasteiger partial charge >= 0.3 is 17.9 Å². The summed E-state index contributed by atoms with van der Waals surface area (Å²) >= 11 is 0. The Kier molecular flexibility index (Phi) is 10.4. The van der Waals surface area contributed by atoms with Gasteiger partial charge < -0.3 is 31.3 Å². The monoisotopic (exact) mass is 685 g/mol. The van der Waals surface area contributed by atoms with Crippen LogP contribution in [-0.2, 0) is 19.1 Å². The molecule has 0 heterocycles. The molecule has 4 fully saturated rings. The van der Waals surface area contributed by atoms with Crippen LogP contribution in [0.1, 0.15) is 126 Å². The number of esters is 1. The third kappa shape index (κ3) is 6.72. The first-order chi connectivity index (χ1) is 22.5. The summed E-state index contributed by atoms with van der Waals surface area (Å²) < 4.78 is 5.96. The molecule has 0 bridgehead atoms. The Hall–Kier alpha value is -3.11. The molecule has 0 aliphatic heterocycles. The van der Waals surface area contributed by atoms with Crippen molar-refractivity contribution in [1.82, 2.24) is 4.90 Å². The number of guanidine groups is 2. The number of carboxylic acids is 2. The molecule has 5 aliphatic rings. The zero-order valence-electron chi connectivity index (χ0n) is 31.4. The highest BCUT2D eigenvalue weighted by molar-refractivity contribution is 5.91. The lowest BCUT2D eigenvalue weighted by atomic mass is 9.33. The van der Waals surface area contributed by atoms with Crippen molar-refractivity contribution in [3.8, 4) is 0 Å². The second kappa shape index (κ2) is 13.2. The Balaban J connectivity index is 0.000000529. The van der Waals surface area contributed by atoms with E-state index < -0.39 is 23.3 Å². The third-order valence-electron chi connectivity index (χ3n) is 14.5. The number of rotatable bonds is 5. The van der Waals surface area contributed by atoms with Gasteiger partial charge in [0.1, 0.15) is 6.10 Å². The summed E-state index contributed by atoms with van der Waals surface area (Å²) in [7, 11) is 3.38. The highest BCUT2D eigenvalue weighted by Gasteiger charge is 2.69. The van der Waals surface area contributed by atoms with E-state index in [2.05, 4.69) is 59.5 Å². The lowest BCUT2D eigenvalue weighted by Crippen LogP contribution is -2.65. The molecule has 0 unspecified atom stereocenters. The van der Waals surface area contributed by atoms with Crippen LogP contribution in [0.25, 0.3) is 0 Å². The number of hydrogen-bond acceptors (Lipinski definition) is 5. The summed E-state index contributed by atoms with van der Waals surface area (Å²) in [6.07, 6.45) is 11.5. The summed E-state index contributed by atoms with van der Waals surface area (Å²) in [6.45, 7) is 16.6. The van der Waals surface area contributed by atoms with Crippen molar-refractivity contribution in [2.75, 3.05) is 14.1 Å². The Morgan fingerprint density at radius 1 is 0.918 bits per heavy atom. The molecule has 0 aromatic heterocycles. The standard InChI is InChI=1S/C34H52O6.C4H11N5/c1-29(2)16-18-34(28(38)39)19-17-32(6)21(22(34)20-29)8-9-24-31(5)14-13-25(40-27(37)11-10-26(35)36)30(3,4)23(31)12-15-33(24,32)7;1-9(2)4(7)8-3(5)6/h8,22-25H,9-20H2,1-7H3,(H,35,36)(H,38,39);1-2H3,(H5,5,6,7,8)/t22-,23-,24+,25-,31-,32+,33+,34-;/m0./s1. The van der Waals surface area contributed by atoms with Crippen LogP contribution in [0, 0.1) is 55.7 Å². The fraction of sp³-hybridized carbons (Fsp3) is 0.816. The number of nitrogens with zero attached hydrogens (tertiary/aromatic N) is 2. The molecule has 7 N–H and O–H groups in total. The Bertz CT molecular complexity index is 1400. The van der Waals surface area contributed by atoms with Crippen molar-refractivity contribution in [1.29, 1.82) is 5.41 Å². The van der Waals surface area contributed by atoms with Gasteiger partial charge in [0.15, 0.2) is 5.96 Å². The lowest BCUT2D eigenvalue weighted by molar-refractivity contribution is -0.214. The molecular formula is C38H63N5O6. The van der Waals surface area contributed by atoms with E-state index in [1.54, 1.807) is 14.1 Å². The van der Waals surface area contributed by atoms with Gasteiger partial charge in [-0.15, -0.1) is 0 Å². The molecular weight excluding hydrogens is 622 g/mol. The van der Waals surface area contributed by atoms with Gasteiger partial charge in [-0.2, -0.15) is 4.99 Å². The third-order valence-corrected chi connectivity index (χ3v) is 14.5. The van der Waals surface area contributed by atoms with Crippen molar-refractivity contribution < 1.29 is 29.3 Å². The van der Waals surface area contributed by atoms with Crippen LogP contribution in [0.3, 0.4) is 0 Å². The normalized spacial score (nSPS) is 38.3. The van der Waals surface area contributed by atoms with Crippen LogP contribution in [0.4, 0.5) is 0 Å². The van der Waals surface area contributed by atoms with Gasteiger partial charge in [-0.05, 0) is 104 Å². The molecule has 0 saturated heterocycles. The minimum Gasteiger partial charge on any atom is -0.481 e. The minimum absolute atomic E-state index is 0.00871. The molecule has 5 rings (SSSR count). The molecule has 0 aromatic carbocycles. The number of carbonyl (C=O) groups is 3. The first-order valence-electron chi connectivity index (χ1n) is 18.2. The Labute approximate surface area is 293 Å². The van der Waals surface area contributed by atoms with Gasteiger partial charge in [0, 0.05) is 19.5 Å². The van der Waals surface area contributed by atoms with Gasteiger partial charge in [-0.3, -0.25) is 19.8 Å². The van der Waals surface area contributed by atoms with Crippen LogP contribution in [0.5, 0.6) is 0 Å². The molecule has 276 valence electrons. The van der Waals surface area contributed by atoms with E-state index in [0.717, 1.165) is 64.2 Å². The zero-order chi connectivity index (χ0) is 37.0. The number of nitrogens with one attached hydrogen (secondary N) is 1. The molecule has 8 atom stereocenters. The van der Waals surface area contributed by atoms with Crippen molar-refractivity contribution in [2.45, 2.75) is 132 Å². The number of fused-ring (bicyclic) bond motifs is 7. The SMILES string of the molecule is CC1(C)CC[C@]2(C(=O)O)CC[C@]3(C)C(=CC[C@@H]4[C@@]5(C)CC[C@H](OC(=O)CCC(=O)O)C(C)(C)[C@@H]5CC[C@]43C)[C@@H]2C1.CN(C)C(=N)N=C(N)N. The predicted octanol–water partition coefficient (Wildman–Crippen LogP) is 6.41. The lowest BCUT2D eigenvalue weighted by Gasteiger charge is -2.71. The molecule has 5 aliphatic carbocycles. The number of nitrogens with two attached hydrogens (primary N) is 2. The number of ether oxygens (including phenoxy) is 1. The quantitative estimate of drug-likeness (QED) is 0.0942. The van der Waals surface area contributed by atoms with E-state index in [-0.39, 0.29) is 63.9 Å². The Morgan fingerprint density at radius 3 is 2.10 bits per heavy atom. The van der Waals surface area contributed by atoms with Crippen LogP contribution in [0.15, 0.2) is 16.6 Å². The maximum atomic E-state index is 12.9. The number of hydrogen-bond donors (Lipinski definition) is 5. The summed E-state index contributed by atoms with van der Waals surface area (Å²) in [5, 5.41) is 26.6. The second-order valence-electron chi connectivity index (χ2n) is 18.2. The van der Waals surface area contributed by atoms with Crippen LogP contribution in [0.2, 0.25) is 0 Å². The zero-order valence-corrected chi connectivity index (χ0v) is 31.4. The fourth-order valence-corrected chi connectivity index (χ4v) is 11.5. The van der Waals surface area contributed by atoms with Gasteiger partial charge in [-0.25, -0.2) is 0 Å². The van der Waals surface area contributed by atoms with Crippen molar-refractivity contribution in [2.24, 2.45) is 66.7 Å². The average molecular weight is 686 g/mol. The molecule has 11 nitrogen and oxygen atoms in total. The maximum absolute atomic E-state index is 12.9. The van der Waals surface area contributed by atoms with E-state index in [1.807, 2.05) is 0 Å². The van der Waals surface area contributed by atoms with E-state index in [4.69, 9.17) is 26.7 Å². The predicted molar refractivity (Wildman–Crippen MR) is 191 cm³/mol. The van der Waals surface area contributed by atoms with Gasteiger partial charge in [0.25, 0.3) is 0 Å². The van der Waals surface area contributed by atoms with Crippen molar-refractivity contribution >= 4 is 29.8 Å².